The molecular formula is C25H19F4N5. The third-order valence-corrected chi connectivity index (χ3v) is 5.91. The molecule has 2 aromatic heterocycles. The quantitative estimate of drug-likeness (QED) is 0.323. The zero-order valence-electron chi connectivity index (χ0n) is 18.5. The Kier molecular flexibility index (Phi) is 5.19. The van der Waals surface area contributed by atoms with Crippen molar-refractivity contribution < 1.29 is 17.6 Å². The monoisotopic (exact) mass is 465 g/mol. The van der Waals surface area contributed by atoms with Crippen LogP contribution in [0, 0.1) is 37.1 Å². The molecule has 3 aromatic carbocycles. The standard InChI is InChI=1S/C25H19F4N5/c1-13-24(33(3)32-31-13)15-4-9-22-23(10-15)34(14(2)30-22)25(18-7-5-16(26)11-20(18)28)19-8-6-17(27)12-21(19)29/h4-12,25H,1-3H3. The maximum absolute atomic E-state index is 15.0. The summed E-state index contributed by atoms with van der Waals surface area (Å²) in [6.07, 6.45) is 0. The van der Waals surface area contributed by atoms with Gasteiger partial charge in [0.2, 0.25) is 0 Å². The van der Waals surface area contributed by atoms with Crippen LogP contribution in [-0.4, -0.2) is 24.5 Å². The molecule has 0 aliphatic carbocycles. The van der Waals surface area contributed by atoms with E-state index in [1.165, 1.54) is 12.1 Å². The number of hydrogen-bond acceptors (Lipinski definition) is 3. The van der Waals surface area contributed by atoms with E-state index in [1.807, 2.05) is 19.1 Å². The minimum atomic E-state index is -1.06. The van der Waals surface area contributed by atoms with Gasteiger partial charge >= 0.3 is 0 Å². The number of aromatic nitrogens is 5. The lowest BCUT2D eigenvalue weighted by Crippen LogP contribution is -2.17. The van der Waals surface area contributed by atoms with E-state index >= 15 is 8.78 Å². The fourth-order valence-corrected chi connectivity index (χ4v) is 4.44. The summed E-state index contributed by atoms with van der Waals surface area (Å²) >= 11 is 0. The Morgan fingerprint density at radius 1 is 0.794 bits per heavy atom. The van der Waals surface area contributed by atoms with E-state index in [4.69, 9.17) is 0 Å². The van der Waals surface area contributed by atoms with Gasteiger partial charge in [0.05, 0.1) is 28.5 Å². The van der Waals surface area contributed by atoms with Crippen LogP contribution in [0.1, 0.15) is 28.7 Å². The number of nitrogens with zero attached hydrogens (tertiary/aromatic N) is 5. The van der Waals surface area contributed by atoms with Gasteiger partial charge in [-0.05, 0) is 38.1 Å². The molecule has 0 unspecified atom stereocenters. The lowest BCUT2D eigenvalue weighted by atomic mass is 9.96. The fourth-order valence-electron chi connectivity index (χ4n) is 4.44. The molecule has 0 bridgehead atoms. The van der Waals surface area contributed by atoms with Crippen molar-refractivity contribution in [2.45, 2.75) is 19.9 Å². The first kappa shape index (κ1) is 21.8. The van der Waals surface area contributed by atoms with Gasteiger partial charge in [0.1, 0.15) is 29.1 Å². The summed E-state index contributed by atoms with van der Waals surface area (Å²) in [4.78, 5) is 4.58. The van der Waals surface area contributed by atoms with Gasteiger partial charge < -0.3 is 4.57 Å². The van der Waals surface area contributed by atoms with Crippen LogP contribution in [-0.2, 0) is 7.05 Å². The van der Waals surface area contributed by atoms with Crippen molar-refractivity contribution >= 4 is 11.0 Å². The molecule has 172 valence electrons. The first-order valence-corrected chi connectivity index (χ1v) is 10.5. The molecular weight excluding hydrogens is 446 g/mol. The van der Waals surface area contributed by atoms with Gasteiger partial charge in [-0.3, -0.25) is 0 Å². The molecule has 0 N–H and O–H groups in total. The highest BCUT2D eigenvalue weighted by Crippen LogP contribution is 2.36. The van der Waals surface area contributed by atoms with E-state index in [9.17, 15) is 8.78 Å². The average molecular weight is 465 g/mol. The van der Waals surface area contributed by atoms with Crippen molar-refractivity contribution in [2.24, 2.45) is 7.05 Å². The van der Waals surface area contributed by atoms with Crippen LogP contribution in [0.5, 0.6) is 0 Å². The topological polar surface area (TPSA) is 48.5 Å². The normalized spacial score (nSPS) is 11.6. The molecule has 2 heterocycles. The molecule has 5 aromatic rings. The SMILES string of the molecule is Cc1nnn(C)c1-c1ccc2nc(C)n(C(c3ccc(F)cc3F)c3ccc(F)cc3F)c2c1. The second-order valence-electron chi connectivity index (χ2n) is 8.11. The molecule has 0 aliphatic heterocycles. The molecule has 5 nitrogen and oxygen atoms in total. The highest BCUT2D eigenvalue weighted by molar-refractivity contribution is 5.83. The Balaban J connectivity index is 1.82. The second-order valence-corrected chi connectivity index (χ2v) is 8.11. The molecule has 0 atom stereocenters. The lowest BCUT2D eigenvalue weighted by molar-refractivity contribution is 0.525. The van der Waals surface area contributed by atoms with Gasteiger partial charge in [0, 0.05) is 35.9 Å². The molecule has 0 radical (unpaired) electrons. The van der Waals surface area contributed by atoms with Crippen molar-refractivity contribution in [1.82, 2.24) is 24.5 Å². The van der Waals surface area contributed by atoms with Crippen molar-refractivity contribution in [2.75, 3.05) is 0 Å². The highest BCUT2D eigenvalue weighted by Gasteiger charge is 2.27. The van der Waals surface area contributed by atoms with Gasteiger partial charge in [-0.15, -0.1) is 5.10 Å². The third-order valence-electron chi connectivity index (χ3n) is 5.91. The number of halogens is 4. The van der Waals surface area contributed by atoms with Crippen LogP contribution in [0.2, 0.25) is 0 Å². The van der Waals surface area contributed by atoms with Crippen molar-refractivity contribution in [1.29, 1.82) is 0 Å². The number of hydrogen-bond donors (Lipinski definition) is 0. The molecule has 9 heteroatoms. The van der Waals surface area contributed by atoms with Crippen LogP contribution in [0.15, 0.2) is 54.6 Å². The molecule has 0 fully saturated rings. The van der Waals surface area contributed by atoms with Gasteiger partial charge in [-0.2, -0.15) is 0 Å². The minimum Gasteiger partial charge on any atom is -0.316 e. The van der Waals surface area contributed by atoms with Gasteiger partial charge in [0.25, 0.3) is 0 Å². The first-order valence-electron chi connectivity index (χ1n) is 10.5. The molecule has 0 saturated heterocycles. The zero-order chi connectivity index (χ0) is 24.1. The smallest absolute Gasteiger partial charge is 0.131 e. The number of fused-ring (bicyclic) bond motifs is 1. The van der Waals surface area contributed by atoms with Crippen LogP contribution >= 0.6 is 0 Å². The number of imidazole rings is 1. The summed E-state index contributed by atoms with van der Waals surface area (Å²) in [5, 5.41) is 8.13. The van der Waals surface area contributed by atoms with Crippen LogP contribution in [0.3, 0.4) is 0 Å². The fraction of sp³-hybridized carbons (Fsp3) is 0.160. The van der Waals surface area contributed by atoms with Gasteiger partial charge in [0.15, 0.2) is 0 Å². The van der Waals surface area contributed by atoms with Gasteiger partial charge in [-0.1, -0.05) is 23.4 Å². The second kappa shape index (κ2) is 8.09. The molecule has 0 saturated carbocycles. The Morgan fingerprint density at radius 2 is 1.41 bits per heavy atom. The summed E-state index contributed by atoms with van der Waals surface area (Å²) in [6.45, 7) is 3.55. The summed E-state index contributed by atoms with van der Waals surface area (Å²) in [5.74, 6) is -2.73. The van der Waals surface area contributed by atoms with Crippen molar-refractivity contribution in [3.8, 4) is 11.3 Å². The molecule has 5 rings (SSSR count). The predicted octanol–water partition coefficient (Wildman–Crippen LogP) is 5.64. The number of rotatable bonds is 4. The zero-order valence-corrected chi connectivity index (χ0v) is 18.5. The van der Waals surface area contributed by atoms with E-state index in [0.717, 1.165) is 41.2 Å². The van der Waals surface area contributed by atoms with Crippen molar-refractivity contribution in [3.05, 3.63) is 101 Å². The molecule has 0 aliphatic rings. The summed E-state index contributed by atoms with van der Waals surface area (Å²) < 4.78 is 60.8. The largest absolute Gasteiger partial charge is 0.316 e. The van der Waals surface area contributed by atoms with Crippen molar-refractivity contribution in [3.63, 3.8) is 0 Å². The highest BCUT2D eigenvalue weighted by atomic mass is 19.1. The molecule has 0 amide bonds. The van der Waals surface area contributed by atoms with E-state index < -0.39 is 29.3 Å². The summed E-state index contributed by atoms with van der Waals surface area (Å²) in [5.41, 5.74) is 3.53. The summed E-state index contributed by atoms with van der Waals surface area (Å²) in [6, 6.07) is 10.7. The Bertz CT molecular complexity index is 1480. The third kappa shape index (κ3) is 3.53. The van der Waals surface area contributed by atoms with Crippen LogP contribution in [0.25, 0.3) is 22.3 Å². The number of aryl methyl sites for hydroxylation is 3. The lowest BCUT2D eigenvalue weighted by Gasteiger charge is -2.23. The Labute approximate surface area is 192 Å². The minimum absolute atomic E-state index is 0.0260. The van der Waals surface area contributed by atoms with E-state index in [0.29, 0.717) is 16.9 Å². The van der Waals surface area contributed by atoms with E-state index in [2.05, 4.69) is 15.3 Å². The predicted molar refractivity (Wildman–Crippen MR) is 119 cm³/mol. The molecule has 34 heavy (non-hydrogen) atoms. The van der Waals surface area contributed by atoms with Crippen LogP contribution in [0.4, 0.5) is 17.6 Å². The number of benzene rings is 3. The summed E-state index contributed by atoms with van der Waals surface area (Å²) in [7, 11) is 1.77. The van der Waals surface area contributed by atoms with Gasteiger partial charge in [-0.25, -0.2) is 27.2 Å². The maximum atomic E-state index is 15.0. The van der Waals surface area contributed by atoms with Crippen LogP contribution < -0.4 is 0 Å². The Hall–Kier alpha value is -4.01. The first-order chi connectivity index (χ1) is 16.2. The molecule has 0 spiro atoms. The average Bonchev–Trinajstić information content (AvgIpc) is 3.28. The van der Waals surface area contributed by atoms with E-state index in [1.54, 1.807) is 29.3 Å². The van der Waals surface area contributed by atoms with E-state index in [-0.39, 0.29) is 11.1 Å². The maximum Gasteiger partial charge on any atom is 0.131 e. The Morgan fingerprint density at radius 3 is 1.94 bits per heavy atom.